The Bertz CT molecular complexity index is 525. The van der Waals surface area contributed by atoms with E-state index in [-0.39, 0.29) is 17.9 Å². The lowest BCUT2D eigenvalue weighted by atomic mass is 9.95. The molecule has 96 valence electrons. The smallest absolute Gasteiger partial charge is 0.267 e. The highest BCUT2D eigenvalue weighted by Gasteiger charge is 2.18. The van der Waals surface area contributed by atoms with Gasteiger partial charge in [-0.3, -0.25) is 4.79 Å². The van der Waals surface area contributed by atoms with Gasteiger partial charge in [-0.25, -0.2) is 0 Å². The standard InChI is InChI=1S/C14H18N2O2/c1-14(2,9-17)8-15-13(18)12-7-10-5-3-4-6-11(10)16-12/h3-7,16-17H,8-9H2,1-2H3,(H,15,18). The molecule has 0 saturated heterocycles. The highest BCUT2D eigenvalue weighted by molar-refractivity contribution is 5.97. The number of aromatic nitrogens is 1. The van der Waals surface area contributed by atoms with Crippen LogP contribution in [0, 0.1) is 5.41 Å². The molecule has 1 heterocycles. The first-order valence-corrected chi connectivity index (χ1v) is 5.99. The second-order valence-corrected chi connectivity index (χ2v) is 5.28. The van der Waals surface area contributed by atoms with Gasteiger partial charge in [-0.15, -0.1) is 0 Å². The van der Waals surface area contributed by atoms with Gasteiger partial charge in [-0.2, -0.15) is 0 Å². The van der Waals surface area contributed by atoms with Crippen LogP contribution in [0.1, 0.15) is 24.3 Å². The van der Waals surface area contributed by atoms with Gasteiger partial charge in [0.25, 0.3) is 5.91 Å². The Labute approximate surface area is 106 Å². The predicted molar refractivity (Wildman–Crippen MR) is 71.5 cm³/mol. The highest BCUT2D eigenvalue weighted by Crippen LogP contribution is 2.15. The summed E-state index contributed by atoms with van der Waals surface area (Å²) in [7, 11) is 0. The van der Waals surface area contributed by atoms with E-state index in [0.717, 1.165) is 10.9 Å². The van der Waals surface area contributed by atoms with Crippen LogP contribution < -0.4 is 5.32 Å². The molecular weight excluding hydrogens is 228 g/mol. The van der Waals surface area contributed by atoms with E-state index in [1.165, 1.54) is 0 Å². The molecule has 4 nitrogen and oxygen atoms in total. The Balaban J connectivity index is 2.09. The molecule has 0 saturated carbocycles. The van der Waals surface area contributed by atoms with Crippen LogP contribution in [0.2, 0.25) is 0 Å². The quantitative estimate of drug-likeness (QED) is 0.771. The number of fused-ring (bicyclic) bond motifs is 1. The van der Waals surface area contributed by atoms with Crippen molar-refractivity contribution in [3.8, 4) is 0 Å². The maximum Gasteiger partial charge on any atom is 0.267 e. The van der Waals surface area contributed by atoms with E-state index >= 15 is 0 Å². The van der Waals surface area contributed by atoms with Gasteiger partial charge in [0.05, 0.1) is 0 Å². The minimum absolute atomic E-state index is 0.0416. The van der Waals surface area contributed by atoms with Gasteiger partial charge in [-0.05, 0) is 12.1 Å². The minimum Gasteiger partial charge on any atom is -0.396 e. The predicted octanol–water partition coefficient (Wildman–Crippen LogP) is 1.92. The normalized spacial score (nSPS) is 11.7. The maximum absolute atomic E-state index is 12.0. The zero-order chi connectivity index (χ0) is 13.2. The number of hydrogen-bond acceptors (Lipinski definition) is 2. The van der Waals surface area contributed by atoms with Crippen molar-refractivity contribution in [2.75, 3.05) is 13.2 Å². The lowest BCUT2D eigenvalue weighted by Crippen LogP contribution is -2.36. The average molecular weight is 246 g/mol. The van der Waals surface area contributed by atoms with Gasteiger partial charge in [-0.1, -0.05) is 32.0 Å². The molecule has 3 N–H and O–H groups in total. The molecule has 0 aliphatic heterocycles. The molecule has 0 aliphatic carbocycles. The second-order valence-electron chi connectivity index (χ2n) is 5.28. The Morgan fingerprint density at radius 1 is 1.39 bits per heavy atom. The van der Waals surface area contributed by atoms with Crippen molar-refractivity contribution in [3.05, 3.63) is 36.0 Å². The van der Waals surface area contributed by atoms with Crippen molar-refractivity contribution in [2.24, 2.45) is 5.41 Å². The van der Waals surface area contributed by atoms with Gasteiger partial charge in [0.2, 0.25) is 0 Å². The summed E-state index contributed by atoms with van der Waals surface area (Å²) in [6.07, 6.45) is 0. The van der Waals surface area contributed by atoms with Crippen LogP contribution in [0.15, 0.2) is 30.3 Å². The van der Waals surface area contributed by atoms with Crippen molar-refractivity contribution in [3.63, 3.8) is 0 Å². The van der Waals surface area contributed by atoms with Crippen LogP contribution in [-0.4, -0.2) is 29.1 Å². The molecule has 0 bridgehead atoms. The first kappa shape index (κ1) is 12.6. The minimum atomic E-state index is -0.304. The summed E-state index contributed by atoms with van der Waals surface area (Å²) in [6.45, 7) is 4.29. The van der Waals surface area contributed by atoms with E-state index in [9.17, 15) is 4.79 Å². The first-order valence-electron chi connectivity index (χ1n) is 5.99. The molecular formula is C14H18N2O2. The van der Waals surface area contributed by atoms with Crippen LogP contribution in [-0.2, 0) is 0 Å². The maximum atomic E-state index is 12.0. The molecule has 0 aliphatic rings. The first-order chi connectivity index (χ1) is 8.52. The SMILES string of the molecule is CC(C)(CO)CNC(=O)c1cc2ccccc2[nH]1. The molecule has 0 atom stereocenters. The summed E-state index contributed by atoms with van der Waals surface area (Å²) in [4.78, 5) is 15.0. The topological polar surface area (TPSA) is 65.1 Å². The van der Waals surface area contributed by atoms with Crippen molar-refractivity contribution < 1.29 is 9.90 Å². The monoisotopic (exact) mass is 246 g/mol. The fourth-order valence-electron chi connectivity index (χ4n) is 1.67. The molecule has 18 heavy (non-hydrogen) atoms. The zero-order valence-corrected chi connectivity index (χ0v) is 10.7. The lowest BCUT2D eigenvalue weighted by Gasteiger charge is -2.21. The molecule has 1 aromatic heterocycles. The number of hydrogen-bond donors (Lipinski definition) is 3. The Morgan fingerprint density at radius 3 is 2.78 bits per heavy atom. The van der Waals surface area contributed by atoms with Crippen molar-refractivity contribution in [1.82, 2.24) is 10.3 Å². The Hall–Kier alpha value is -1.81. The van der Waals surface area contributed by atoms with Gasteiger partial charge in [0, 0.05) is 29.5 Å². The number of aliphatic hydroxyl groups is 1. The van der Waals surface area contributed by atoms with Crippen LogP contribution in [0.4, 0.5) is 0 Å². The fourth-order valence-corrected chi connectivity index (χ4v) is 1.67. The van der Waals surface area contributed by atoms with E-state index in [4.69, 9.17) is 5.11 Å². The van der Waals surface area contributed by atoms with Crippen molar-refractivity contribution >= 4 is 16.8 Å². The summed E-state index contributed by atoms with van der Waals surface area (Å²) in [5, 5.41) is 13.0. The summed E-state index contributed by atoms with van der Waals surface area (Å²) in [5.41, 5.74) is 1.19. The average Bonchev–Trinajstić information content (AvgIpc) is 2.80. The molecule has 1 amide bonds. The molecule has 4 heteroatoms. The number of aliphatic hydroxyl groups excluding tert-OH is 1. The van der Waals surface area contributed by atoms with Crippen molar-refractivity contribution in [2.45, 2.75) is 13.8 Å². The summed E-state index contributed by atoms with van der Waals surface area (Å²) in [5.74, 6) is -0.146. The number of H-pyrrole nitrogens is 1. The molecule has 0 fully saturated rings. The van der Waals surface area contributed by atoms with Crippen LogP contribution in [0.3, 0.4) is 0 Å². The molecule has 2 rings (SSSR count). The van der Waals surface area contributed by atoms with Crippen molar-refractivity contribution in [1.29, 1.82) is 0 Å². The third-order valence-corrected chi connectivity index (χ3v) is 2.93. The third-order valence-electron chi connectivity index (χ3n) is 2.93. The van der Waals surface area contributed by atoms with Crippen LogP contribution in [0.25, 0.3) is 10.9 Å². The number of amides is 1. The molecule has 2 aromatic rings. The number of rotatable bonds is 4. The van der Waals surface area contributed by atoms with Gasteiger partial charge < -0.3 is 15.4 Å². The van der Waals surface area contributed by atoms with E-state index in [0.29, 0.717) is 12.2 Å². The van der Waals surface area contributed by atoms with Gasteiger partial charge in [0.1, 0.15) is 5.69 Å². The van der Waals surface area contributed by atoms with Crippen LogP contribution in [0.5, 0.6) is 0 Å². The number of aromatic amines is 1. The van der Waals surface area contributed by atoms with Crippen LogP contribution >= 0.6 is 0 Å². The summed E-state index contributed by atoms with van der Waals surface area (Å²) < 4.78 is 0. The molecule has 0 radical (unpaired) electrons. The third kappa shape index (κ3) is 2.71. The Kier molecular flexibility index (Phi) is 3.39. The lowest BCUT2D eigenvalue weighted by molar-refractivity contribution is 0.0907. The van der Waals surface area contributed by atoms with Gasteiger partial charge >= 0.3 is 0 Å². The molecule has 1 aromatic carbocycles. The van der Waals surface area contributed by atoms with E-state index in [1.54, 1.807) is 0 Å². The van der Waals surface area contributed by atoms with Gasteiger partial charge in [0.15, 0.2) is 0 Å². The number of benzene rings is 1. The number of carbonyl (C=O) groups is 1. The summed E-state index contributed by atoms with van der Waals surface area (Å²) in [6, 6.07) is 9.59. The number of para-hydroxylation sites is 1. The van der Waals surface area contributed by atoms with E-state index in [2.05, 4.69) is 10.3 Å². The Morgan fingerprint density at radius 2 is 2.11 bits per heavy atom. The highest BCUT2D eigenvalue weighted by atomic mass is 16.3. The fraction of sp³-hybridized carbons (Fsp3) is 0.357. The number of nitrogens with one attached hydrogen (secondary N) is 2. The zero-order valence-electron chi connectivity index (χ0n) is 10.7. The number of carbonyl (C=O) groups excluding carboxylic acids is 1. The molecule has 0 spiro atoms. The van der Waals surface area contributed by atoms with E-state index in [1.807, 2.05) is 44.2 Å². The molecule has 0 unspecified atom stereocenters. The second kappa shape index (κ2) is 4.82. The van der Waals surface area contributed by atoms with E-state index < -0.39 is 0 Å². The largest absolute Gasteiger partial charge is 0.396 e. The summed E-state index contributed by atoms with van der Waals surface area (Å²) >= 11 is 0.